The van der Waals surface area contributed by atoms with Crippen molar-refractivity contribution < 1.29 is 18.0 Å². The van der Waals surface area contributed by atoms with Gasteiger partial charge in [-0.3, -0.25) is 4.79 Å². The van der Waals surface area contributed by atoms with E-state index in [4.69, 9.17) is 0 Å². The minimum absolute atomic E-state index is 0.0116. The zero-order valence-corrected chi connectivity index (χ0v) is 5.24. The summed E-state index contributed by atoms with van der Waals surface area (Å²) < 4.78 is 35.4. The molecule has 0 aromatic rings. The normalized spacial score (nSPS) is 27.5. The summed E-state index contributed by atoms with van der Waals surface area (Å²) in [7, 11) is 0. The molecule has 1 fully saturated rings. The van der Waals surface area contributed by atoms with E-state index in [9.17, 15) is 18.0 Å². The number of carbonyl (C=O) groups is 1. The van der Waals surface area contributed by atoms with Crippen LogP contribution in [0.1, 0.15) is 19.3 Å². The molecule has 1 saturated carbocycles. The predicted octanol–water partition coefficient (Wildman–Crippen LogP) is 1.92. The molecule has 10 heavy (non-hydrogen) atoms. The molecule has 1 nitrogen and oxygen atoms in total. The highest BCUT2D eigenvalue weighted by molar-refractivity contribution is 5.83. The molecule has 1 aliphatic rings. The fraction of sp³-hybridized carbons (Fsp3) is 0.833. The van der Waals surface area contributed by atoms with Gasteiger partial charge in [-0.15, -0.1) is 0 Å². The lowest BCUT2D eigenvalue weighted by atomic mass is 10.1. The Morgan fingerprint density at radius 3 is 2.20 bits per heavy atom. The largest absolute Gasteiger partial charge is 0.398 e. The molecular formula is C6H7F3O. The van der Waals surface area contributed by atoms with E-state index in [-0.39, 0.29) is 12.8 Å². The summed E-state index contributed by atoms with van der Waals surface area (Å²) in [4.78, 5) is 10.5. The van der Waals surface area contributed by atoms with Gasteiger partial charge in [-0.25, -0.2) is 0 Å². The van der Waals surface area contributed by atoms with Gasteiger partial charge >= 0.3 is 6.18 Å². The smallest absolute Gasteiger partial charge is 0.299 e. The fourth-order valence-electron chi connectivity index (χ4n) is 1.16. The highest BCUT2D eigenvalue weighted by Crippen LogP contribution is 2.36. The van der Waals surface area contributed by atoms with Crippen molar-refractivity contribution in [2.75, 3.05) is 0 Å². The minimum atomic E-state index is -4.30. The molecule has 0 aromatic heterocycles. The first kappa shape index (κ1) is 7.57. The van der Waals surface area contributed by atoms with Gasteiger partial charge in [0, 0.05) is 6.42 Å². The first-order chi connectivity index (χ1) is 4.52. The maximum Gasteiger partial charge on any atom is 0.398 e. The van der Waals surface area contributed by atoms with Gasteiger partial charge in [0.1, 0.15) is 11.7 Å². The lowest BCUT2D eigenvalue weighted by Gasteiger charge is -2.11. The predicted molar refractivity (Wildman–Crippen MR) is 28.4 cm³/mol. The van der Waals surface area contributed by atoms with Crippen LogP contribution < -0.4 is 0 Å². The van der Waals surface area contributed by atoms with Gasteiger partial charge < -0.3 is 0 Å². The number of hydrogen-bond donors (Lipinski definition) is 0. The highest BCUT2D eigenvalue weighted by Gasteiger charge is 2.46. The van der Waals surface area contributed by atoms with Gasteiger partial charge in [0.05, 0.1) is 0 Å². The van der Waals surface area contributed by atoms with E-state index in [2.05, 4.69) is 0 Å². The van der Waals surface area contributed by atoms with E-state index in [1.807, 2.05) is 0 Å². The average Bonchev–Trinajstić information content (AvgIpc) is 2.11. The molecule has 0 saturated heterocycles. The van der Waals surface area contributed by atoms with E-state index in [0.717, 1.165) is 0 Å². The molecule has 0 N–H and O–H groups in total. The Morgan fingerprint density at radius 1 is 1.40 bits per heavy atom. The zero-order chi connectivity index (χ0) is 7.78. The molecule has 0 spiro atoms. The van der Waals surface area contributed by atoms with Crippen LogP contribution in [0.3, 0.4) is 0 Å². The molecule has 0 bridgehead atoms. The molecule has 58 valence electrons. The summed E-state index contributed by atoms with van der Waals surface area (Å²) in [5, 5.41) is 0. The summed E-state index contributed by atoms with van der Waals surface area (Å²) in [5.41, 5.74) is 0. The molecule has 4 heteroatoms. The Bertz CT molecular complexity index is 150. The van der Waals surface area contributed by atoms with Crippen molar-refractivity contribution in [3.05, 3.63) is 0 Å². The van der Waals surface area contributed by atoms with Crippen molar-refractivity contribution >= 4 is 5.78 Å². The molecule has 0 amide bonds. The Balaban J connectivity index is 2.64. The minimum Gasteiger partial charge on any atom is -0.299 e. The third kappa shape index (κ3) is 1.30. The Morgan fingerprint density at radius 2 is 2.00 bits per heavy atom. The van der Waals surface area contributed by atoms with Gasteiger partial charge in [0.15, 0.2) is 0 Å². The first-order valence-electron chi connectivity index (χ1n) is 3.11. The van der Waals surface area contributed by atoms with Crippen LogP contribution in [0.15, 0.2) is 0 Å². The Kier molecular flexibility index (Phi) is 1.70. The number of halogens is 3. The van der Waals surface area contributed by atoms with Crippen LogP contribution in [-0.4, -0.2) is 12.0 Å². The third-order valence-corrected chi connectivity index (χ3v) is 1.70. The SMILES string of the molecule is O=C1CCCC1C(F)(F)F. The summed E-state index contributed by atoms with van der Waals surface area (Å²) in [6.07, 6.45) is -3.82. The molecular weight excluding hydrogens is 145 g/mol. The van der Waals surface area contributed by atoms with E-state index >= 15 is 0 Å². The van der Waals surface area contributed by atoms with Gasteiger partial charge in [-0.05, 0) is 12.8 Å². The maximum absolute atomic E-state index is 11.8. The van der Waals surface area contributed by atoms with Crippen molar-refractivity contribution in [1.29, 1.82) is 0 Å². The number of ketones is 1. The Hall–Kier alpha value is -0.540. The molecule has 1 unspecified atom stereocenters. The number of rotatable bonds is 0. The summed E-state index contributed by atoms with van der Waals surface area (Å²) in [5.74, 6) is -2.31. The number of Topliss-reactive ketones (excluding diaryl/α,β-unsaturated/α-hetero) is 1. The topological polar surface area (TPSA) is 17.1 Å². The molecule has 1 rings (SSSR count). The third-order valence-electron chi connectivity index (χ3n) is 1.70. The quantitative estimate of drug-likeness (QED) is 0.518. The van der Waals surface area contributed by atoms with Gasteiger partial charge in [-0.1, -0.05) is 0 Å². The van der Waals surface area contributed by atoms with E-state index in [1.165, 1.54) is 0 Å². The van der Waals surface area contributed by atoms with Crippen LogP contribution in [-0.2, 0) is 4.79 Å². The van der Waals surface area contributed by atoms with Gasteiger partial charge in [0.25, 0.3) is 0 Å². The molecule has 1 aliphatic carbocycles. The van der Waals surface area contributed by atoms with Crippen LogP contribution >= 0.6 is 0 Å². The first-order valence-corrected chi connectivity index (χ1v) is 3.11. The second-order valence-corrected chi connectivity index (χ2v) is 2.45. The average molecular weight is 152 g/mol. The lowest BCUT2D eigenvalue weighted by molar-refractivity contribution is -0.177. The standard InChI is InChI=1S/C6H7F3O/c7-6(8,9)4-2-1-3-5(4)10/h4H,1-3H2. The van der Waals surface area contributed by atoms with Crippen molar-refractivity contribution in [3.8, 4) is 0 Å². The maximum atomic E-state index is 11.8. The van der Waals surface area contributed by atoms with Crippen molar-refractivity contribution in [2.24, 2.45) is 5.92 Å². The second kappa shape index (κ2) is 2.25. The molecule has 0 heterocycles. The molecule has 1 atom stereocenters. The highest BCUT2D eigenvalue weighted by atomic mass is 19.4. The van der Waals surface area contributed by atoms with Crippen LogP contribution in [0.4, 0.5) is 13.2 Å². The monoisotopic (exact) mass is 152 g/mol. The zero-order valence-electron chi connectivity index (χ0n) is 5.24. The van der Waals surface area contributed by atoms with Crippen molar-refractivity contribution in [3.63, 3.8) is 0 Å². The molecule has 0 radical (unpaired) electrons. The van der Waals surface area contributed by atoms with Crippen LogP contribution in [0.2, 0.25) is 0 Å². The Labute approximate surface area is 56.2 Å². The van der Waals surface area contributed by atoms with Crippen molar-refractivity contribution in [2.45, 2.75) is 25.4 Å². The number of alkyl halides is 3. The summed E-state index contributed by atoms with van der Waals surface area (Å²) in [6, 6.07) is 0. The second-order valence-electron chi connectivity index (χ2n) is 2.45. The fourth-order valence-corrected chi connectivity index (χ4v) is 1.16. The van der Waals surface area contributed by atoms with Gasteiger partial charge in [0.2, 0.25) is 0 Å². The molecule has 0 aliphatic heterocycles. The summed E-state index contributed by atoms with van der Waals surface area (Å²) in [6.45, 7) is 0. The van der Waals surface area contributed by atoms with Gasteiger partial charge in [-0.2, -0.15) is 13.2 Å². The van der Waals surface area contributed by atoms with E-state index in [0.29, 0.717) is 6.42 Å². The van der Waals surface area contributed by atoms with E-state index < -0.39 is 17.9 Å². The van der Waals surface area contributed by atoms with E-state index in [1.54, 1.807) is 0 Å². The molecule has 0 aromatic carbocycles. The van der Waals surface area contributed by atoms with Crippen LogP contribution in [0.25, 0.3) is 0 Å². The lowest BCUT2D eigenvalue weighted by Crippen LogP contribution is -2.25. The van der Waals surface area contributed by atoms with Crippen LogP contribution in [0.5, 0.6) is 0 Å². The number of hydrogen-bond acceptors (Lipinski definition) is 1. The van der Waals surface area contributed by atoms with Crippen LogP contribution in [0, 0.1) is 5.92 Å². The van der Waals surface area contributed by atoms with Crippen molar-refractivity contribution in [1.82, 2.24) is 0 Å². The summed E-state index contributed by atoms with van der Waals surface area (Å²) >= 11 is 0. The number of carbonyl (C=O) groups excluding carboxylic acids is 1.